The zero-order chi connectivity index (χ0) is 25.9. The lowest BCUT2D eigenvalue weighted by atomic mass is 9.95. The maximum atomic E-state index is 10.3. The molecule has 0 amide bonds. The van der Waals surface area contributed by atoms with Crippen LogP contribution in [0, 0.1) is 6.92 Å². The molecule has 0 atom stereocenters. The molecule has 0 aliphatic heterocycles. The second kappa shape index (κ2) is 14.1. The molecule has 0 unspecified atom stereocenters. The first-order valence-electron chi connectivity index (χ1n) is 12.0. The number of hydrogen-bond donors (Lipinski definition) is 2. The third-order valence-corrected chi connectivity index (χ3v) is 4.96. The van der Waals surface area contributed by atoms with Crippen molar-refractivity contribution in [3.8, 4) is 5.75 Å². The van der Waals surface area contributed by atoms with Crippen molar-refractivity contribution in [2.45, 2.75) is 68.2 Å². The fourth-order valence-electron chi connectivity index (χ4n) is 3.47. The van der Waals surface area contributed by atoms with Gasteiger partial charge in [0.05, 0.1) is 0 Å². The van der Waals surface area contributed by atoms with Crippen molar-refractivity contribution in [1.82, 2.24) is 4.57 Å². The van der Waals surface area contributed by atoms with E-state index in [9.17, 15) is 10.2 Å². The molecule has 0 bridgehead atoms. The molecule has 3 aromatic rings. The summed E-state index contributed by atoms with van der Waals surface area (Å²) in [5.41, 5.74) is 5.09. The van der Waals surface area contributed by atoms with Gasteiger partial charge in [0.1, 0.15) is 5.75 Å². The highest BCUT2D eigenvalue weighted by molar-refractivity contribution is 5.89. The number of aryl methyl sites for hydroxylation is 2. The standard InChI is InChI=1S/C23H26N2O2.3C2H6/c1-14(2)20-13-21(15(3)11-23(20)27)16(4)25(17(5)26)19-7-8-22-18(12-19)9-10-24(22)6;3*1-2/h7-14,26-27H,4-5H2,1-3,6H3;3*1-2H3. The minimum absolute atomic E-state index is 0.103. The lowest BCUT2D eigenvalue weighted by molar-refractivity contribution is 0.406. The van der Waals surface area contributed by atoms with Crippen molar-refractivity contribution in [1.29, 1.82) is 0 Å². The highest BCUT2D eigenvalue weighted by atomic mass is 16.3. The first-order valence-corrected chi connectivity index (χ1v) is 12.0. The Bertz CT molecular complexity index is 1050. The lowest BCUT2D eigenvalue weighted by Gasteiger charge is -2.27. The number of rotatable bonds is 5. The Hall–Kier alpha value is -3.14. The Morgan fingerprint density at radius 2 is 1.52 bits per heavy atom. The van der Waals surface area contributed by atoms with Crippen LogP contribution in [-0.2, 0) is 7.05 Å². The number of benzene rings is 2. The summed E-state index contributed by atoms with van der Waals surface area (Å²) in [5, 5.41) is 21.6. The van der Waals surface area contributed by atoms with E-state index in [2.05, 4.69) is 13.2 Å². The Kier molecular flexibility index (Phi) is 12.8. The minimum Gasteiger partial charge on any atom is -0.508 e. The van der Waals surface area contributed by atoms with Gasteiger partial charge in [-0.3, -0.25) is 4.90 Å². The highest BCUT2D eigenvalue weighted by Crippen LogP contribution is 2.36. The molecule has 1 heterocycles. The van der Waals surface area contributed by atoms with Crippen LogP contribution in [0.4, 0.5) is 5.69 Å². The second-order valence-corrected chi connectivity index (χ2v) is 7.25. The van der Waals surface area contributed by atoms with Gasteiger partial charge in [-0.15, -0.1) is 0 Å². The largest absolute Gasteiger partial charge is 0.508 e. The molecule has 182 valence electrons. The van der Waals surface area contributed by atoms with E-state index in [1.807, 2.05) is 110 Å². The van der Waals surface area contributed by atoms with E-state index in [0.29, 0.717) is 5.70 Å². The van der Waals surface area contributed by atoms with Gasteiger partial charge in [0.15, 0.2) is 5.88 Å². The van der Waals surface area contributed by atoms with Gasteiger partial charge < -0.3 is 14.8 Å². The molecule has 0 spiro atoms. The van der Waals surface area contributed by atoms with Crippen LogP contribution in [0.15, 0.2) is 61.6 Å². The predicted molar refractivity (Wildman–Crippen MR) is 147 cm³/mol. The fraction of sp³-hybridized carbons (Fsp3) is 0.379. The van der Waals surface area contributed by atoms with Crippen LogP contribution >= 0.6 is 0 Å². The van der Waals surface area contributed by atoms with Crippen molar-refractivity contribution < 1.29 is 10.2 Å². The summed E-state index contributed by atoms with van der Waals surface area (Å²) in [5.74, 6) is 0.344. The van der Waals surface area contributed by atoms with Crippen LogP contribution in [0.1, 0.15) is 78.0 Å². The summed E-state index contributed by atoms with van der Waals surface area (Å²) in [6.07, 6.45) is 2.00. The van der Waals surface area contributed by atoms with Crippen LogP contribution in [0.2, 0.25) is 0 Å². The lowest BCUT2D eigenvalue weighted by Crippen LogP contribution is -2.20. The van der Waals surface area contributed by atoms with E-state index in [4.69, 9.17) is 0 Å². The zero-order valence-electron chi connectivity index (χ0n) is 22.3. The van der Waals surface area contributed by atoms with Crippen LogP contribution < -0.4 is 4.90 Å². The molecule has 0 radical (unpaired) electrons. The molecular weight excluding hydrogens is 408 g/mol. The zero-order valence-corrected chi connectivity index (χ0v) is 22.3. The number of hydrogen-bond acceptors (Lipinski definition) is 3. The van der Waals surface area contributed by atoms with Crippen molar-refractivity contribution >= 4 is 22.3 Å². The quantitative estimate of drug-likeness (QED) is 0.380. The first kappa shape index (κ1) is 29.9. The number of phenols is 1. The van der Waals surface area contributed by atoms with Gasteiger partial charge >= 0.3 is 0 Å². The third kappa shape index (κ3) is 6.92. The number of aliphatic hydroxyl groups excluding tert-OH is 1. The van der Waals surface area contributed by atoms with Crippen LogP contribution in [-0.4, -0.2) is 14.8 Å². The average molecular weight is 453 g/mol. The number of phenolic OH excluding ortho intramolecular Hbond substituents is 1. The summed E-state index contributed by atoms with van der Waals surface area (Å²) in [6.45, 7) is 25.9. The molecule has 0 saturated heterocycles. The summed E-state index contributed by atoms with van der Waals surface area (Å²) < 4.78 is 2.05. The minimum atomic E-state index is -0.103. The summed E-state index contributed by atoms with van der Waals surface area (Å²) in [7, 11) is 2.00. The van der Waals surface area contributed by atoms with Gasteiger partial charge in [-0.2, -0.15) is 0 Å². The Morgan fingerprint density at radius 3 is 2.03 bits per heavy atom. The van der Waals surface area contributed by atoms with Crippen LogP contribution in [0.3, 0.4) is 0 Å². The Morgan fingerprint density at radius 1 is 0.939 bits per heavy atom. The molecule has 0 aliphatic carbocycles. The van der Waals surface area contributed by atoms with Gasteiger partial charge in [-0.05, 0) is 66.9 Å². The maximum Gasteiger partial charge on any atom is 0.188 e. The molecule has 0 saturated carbocycles. The molecular formula is C29H44N2O2. The SMILES string of the molecule is C=C(O)N(C(=C)c1cc(C(C)C)c(O)cc1C)c1ccc2c(ccn2C)c1.CC.CC.CC. The number of aliphatic hydroxyl groups is 1. The van der Waals surface area contributed by atoms with Gasteiger partial charge in [-0.25, -0.2) is 0 Å². The predicted octanol–water partition coefficient (Wildman–Crippen LogP) is 8.90. The Balaban J connectivity index is 0.00000158. The molecule has 1 aromatic heterocycles. The Labute approximate surface area is 201 Å². The maximum absolute atomic E-state index is 10.3. The summed E-state index contributed by atoms with van der Waals surface area (Å²) in [4.78, 5) is 1.63. The second-order valence-electron chi connectivity index (χ2n) is 7.25. The average Bonchev–Trinajstić information content (AvgIpc) is 3.17. The van der Waals surface area contributed by atoms with E-state index in [-0.39, 0.29) is 17.6 Å². The molecule has 4 heteroatoms. The molecule has 0 aliphatic rings. The number of fused-ring (bicyclic) bond motifs is 1. The number of aromatic hydroxyl groups is 1. The van der Waals surface area contributed by atoms with Gasteiger partial charge in [0.2, 0.25) is 0 Å². The number of anilines is 1. The topological polar surface area (TPSA) is 48.6 Å². The van der Waals surface area contributed by atoms with E-state index >= 15 is 0 Å². The third-order valence-electron chi connectivity index (χ3n) is 4.96. The molecule has 3 rings (SSSR count). The highest BCUT2D eigenvalue weighted by Gasteiger charge is 2.19. The normalized spacial score (nSPS) is 9.67. The molecule has 0 fully saturated rings. The van der Waals surface area contributed by atoms with Gasteiger partial charge in [0.25, 0.3) is 0 Å². The fourth-order valence-corrected chi connectivity index (χ4v) is 3.47. The van der Waals surface area contributed by atoms with Crippen LogP contribution in [0.25, 0.3) is 16.6 Å². The molecule has 4 nitrogen and oxygen atoms in total. The van der Waals surface area contributed by atoms with E-state index in [1.165, 1.54) is 0 Å². The van der Waals surface area contributed by atoms with Crippen molar-refractivity contribution in [2.75, 3.05) is 4.90 Å². The monoisotopic (exact) mass is 452 g/mol. The first-order chi connectivity index (χ1) is 15.7. The van der Waals surface area contributed by atoms with Crippen molar-refractivity contribution in [3.05, 3.63) is 78.3 Å². The van der Waals surface area contributed by atoms with Crippen molar-refractivity contribution in [3.63, 3.8) is 0 Å². The molecule has 2 N–H and O–H groups in total. The number of aromatic nitrogens is 1. The van der Waals surface area contributed by atoms with Crippen LogP contribution in [0.5, 0.6) is 5.75 Å². The van der Waals surface area contributed by atoms with Gasteiger partial charge in [-0.1, -0.05) is 62.0 Å². The molecule has 2 aromatic carbocycles. The van der Waals surface area contributed by atoms with E-state index < -0.39 is 0 Å². The summed E-state index contributed by atoms with van der Waals surface area (Å²) in [6, 6.07) is 11.7. The van der Waals surface area contributed by atoms with E-state index in [1.54, 1.807) is 11.0 Å². The number of nitrogens with zero attached hydrogens (tertiary/aromatic N) is 2. The molecule has 33 heavy (non-hydrogen) atoms. The smallest absolute Gasteiger partial charge is 0.188 e. The van der Waals surface area contributed by atoms with E-state index in [0.717, 1.165) is 33.3 Å². The van der Waals surface area contributed by atoms with Gasteiger partial charge in [0, 0.05) is 41.1 Å². The van der Waals surface area contributed by atoms with Crippen molar-refractivity contribution in [2.24, 2.45) is 7.05 Å². The summed E-state index contributed by atoms with van der Waals surface area (Å²) >= 11 is 0.